The first-order valence-electron chi connectivity index (χ1n) is 17.4. The van der Waals surface area contributed by atoms with E-state index in [1.165, 1.54) is 68.7 Å². The monoisotopic (exact) mass is 810 g/mol. The lowest BCUT2D eigenvalue weighted by atomic mass is 9.95. The number of carbonyl (C=O) groups is 3. The summed E-state index contributed by atoms with van der Waals surface area (Å²) in [5.41, 5.74) is -1.07. The van der Waals surface area contributed by atoms with Crippen molar-refractivity contribution >= 4 is 30.1 Å². The van der Waals surface area contributed by atoms with Crippen molar-refractivity contribution in [3.05, 3.63) is 59.7 Å². The molecule has 0 unspecified atom stereocenters. The molecular formula is C37H46O20. The average Bonchev–Trinajstić information content (AvgIpc) is 3.16. The molecule has 2 aromatic rings. The van der Waals surface area contributed by atoms with Crippen molar-refractivity contribution in [2.75, 3.05) is 26.9 Å². The Morgan fingerprint density at radius 1 is 0.807 bits per heavy atom. The van der Waals surface area contributed by atoms with Gasteiger partial charge in [0.25, 0.3) is 0 Å². The molecule has 0 spiro atoms. The van der Waals surface area contributed by atoms with Crippen molar-refractivity contribution < 1.29 is 98.6 Å². The quantitative estimate of drug-likeness (QED) is 0.0645. The van der Waals surface area contributed by atoms with Crippen molar-refractivity contribution in [3.63, 3.8) is 0 Å². The van der Waals surface area contributed by atoms with E-state index in [0.29, 0.717) is 11.1 Å². The molecule has 2 heterocycles. The lowest BCUT2D eigenvalue weighted by Gasteiger charge is -2.44. The summed E-state index contributed by atoms with van der Waals surface area (Å²) in [5, 5.41) is 101. The zero-order valence-electron chi connectivity index (χ0n) is 30.6. The number of phenolic OH excluding ortho intramolecular Hbond substituents is 2. The Labute approximate surface area is 324 Å². The number of carbonyl (C=O) groups excluding carboxylic acids is 2. The first-order valence-corrected chi connectivity index (χ1v) is 17.4. The molecule has 0 bridgehead atoms. The van der Waals surface area contributed by atoms with Crippen LogP contribution < -0.4 is 9.47 Å². The standard InChI is InChI=1S/C37H46O20/c1-37(14-25(42)43,57-36-32(50)30(48)34(24(17-39)54-36)55-26(44)10-7-18-5-8-20(40)9-6-18)15-27(45)52-11-3-4-19-12-21(41)33(22(13-19)51-2)56-35-31(49)29(47)28(46)23(16-38)53-35/h3-10,12-13,23-24,28-32,34-36,38-41,46-50H,11,14-17H2,1-2H3,(H,42,43)/b4-3+,10-7+/t23-,24-,28-,29+,30-,31-,32-,34-,35+,36+,37+/m1/s1. The summed E-state index contributed by atoms with van der Waals surface area (Å²) in [6, 6.07) is 8.41. The zero-order chi connectivity index (χ0) is 42.0. The summed E-state index contributed by atoms with van der Waals surface area (Å²) in [7, 11) is 1.25. The molecule has 57 heavy (non-hydrogen) atoms. The molecule has 2 saturated heterocycles. The number of aliphatic carboxylic acids is 1. The second-order valence-corrected chi connectivity index (χ2v) is 13.3. The summed E-state index contributed by atoms with van der Waals surface area (Å²) in [6.45, 7) is -0.676. The number of aliphatic hydroxyl groups excluding tert-OH is 7. The molecule has 0 radical (unpaired) electrons. The van der Waals surface area contributed by atoms with Crippen LogP contribution in [-0.2, 0) is 38.1 Å². The number of phenols is 2. The van der Waals surface area contributed by atoms with Gasteiger partial charge in [-0.05, 0) is 54.5 Å². The largest absolute Gasteiger partial charge is 0.508 e. The van der Waals surface area contributed by atoms with Crippen LogP contribution in [-0.4, -0.2) is 163 Å². The molecule has 20 nitrogen and oxygen atoms in total. The Bertz CT molecular complexity index is 1730. The first kappa shape index (κ1) is 44.8. The van der Waals surface area contributed by atoms with Gasteiger partial charge in [0.1, 0.15) is 55.1 Å². The Kier molecular flexibility index (Phi) is 15.7. The predicted octanol–water partition coefficient (Wildman–Crippen LogP) is -1.45. The van der Waals surface area contributed by atoms with Gasteiger partial charge < -0.3 is 84.2 Å². The van der Waals surface area contributed by atoms with Gasteiger partial charge in [-0.1, -0.05) is 18.2 Å². The summed E-state index contributed by atoms with van der Waals surface area (Å²) >= 11 is 0. The molecule has 2 aliphatic heterocycles. The summed E-state index contributed by atoms with van der Waals surface area (Å²) in [4.78, 5) is 37.1. The number of hydrogen-bond donors (Lipinski definition) is 10. The number of aliphatic hydroxyl groups is 7. The summed E-state index contributed by atoms with van der Waals surface area (Å²) < 4.78 is 37.8. The van der Waals surface area contributed by atoms with Gasteiger partial charge in [-0.3, -0.25) is 9.59 Å². The Morgan fingerprint density at radius 3 is 2.09 bits per heavy atom. The van der Waals surface area contributed by atoms with Crippen LogP contribution in [0.25, 0.3) is 12.2 Å². The van der Waals surface area contributed by atoms with Crippen molar-refractivity contribution in [1.29, 1.82) is 0 Å². The SMILES string of the molecule is COc1cc(/C=C/COC(=O)C[C@](C)(CC(=O)O)O[C@@H]2O[C@H](CO)[C@@H](OC(=O)/C=C/c3ccc(O)cc3)[C@H](O)[C@H]2O)cc(O)c1O[C@@H]1O[C@H](CO)[C@@H](O)[C@H](O)[C@H]1O. The van der Waals surface area contributed by atoms with Crippen LogP contribution in [0.4, 0.5) is 0 Å². The minimum atomic E-state index is -1.94. The molecule has 4 rings (SSSR count). The second kappa shape index (κ2) is 20.0. The zero-order valence-corrected chi connectivity index (χ0v) is 30.6. The van der Waals surface area contributed by atoms with Gasteiger partial charge in [0.2, 0.25) is 12.0 Å². The third kappa shape index (κ3) is 11.8. The topological polar surface area (TPSA) is 318 Å². The number of aromatic hydroxyl groups is 2. The smallest absolute Gasteiger partial charge is 0.331 e. The number of carboxylic acids is 1. The number of benzene rings is 2. The molecule has 11 atom stereocenters. The summed E-state index contributed by atoms with van der Waals surface area (Å²) in [5.74, 6) is -4.19. The van der Waals surface area contributed by atoms with Gasteiger partial charge in [0.15, 0.2) is 23.9 Å². The van der Waals surface area contributed by atoms with Crippen molar-refractivity contribution in [1.82, 2.24) is 0 Å². The van der Waals surface area contributed by atoms with E-state index in [1.807, 2.05) is 0 Å². The maximum atomic E-state index is 12.9. The van der Waals surface area contributed by atoms with Gasteiger partial charge in [0, 0.05) is 6.08 Å². The van der Waals surface area contributed by atoms with E-state index in [1.54, 1.807) is 0 Å². The molecule has 0 saturated carbocycles. The van der Waals surface area contributed by atoms with Gasteiger partial charge >= 0.3 is 17.9 Å². The van der Waals surface area contributed by atoms with Crippen LogP contribution in [0.1, 0.15) is 30.9 Å². The highest BCUT2D eigenvalue weighted by Crippen LogP contribution is 2.40. The maximum absolute atomic E-state index is 12.9. The molecule has 2 aromatic carbocycles. The first-order chi connectivity index (χ1) is 27.0. The molecule has 10 N–H and O–H groups in total. The van der Waals surface area contributed by atoms with Crippen LogP contribution in [0.2, 0.25) is 0 Å². The van der Waals surface area contributed by atoms with Crippen LogP contribution in [0.5, 0.6) is 23.0 Å². The highest BCUT2D eigenvalue weighted by molar-refractivity contribution is 5.87. The van der Waals surface area contributed by atoms with Crippen molar-refractivity contribution in [2.45, 2.75) is 86.8 Å². The van der Waals surface area contributed by atoms with Crippen molar-refractivity contribution in [3.8, 4) is 23.0 Å². The lowest BCUT2D eigenvalue weighted by Crippen LogP contribution is -2.61. The van der Waals surface area contributed by atoms with E-state index in [4.69, 9.17) is 33.2 Å². The van der Waals surface area contributed by atoms with E-state index in [2.05, 4.69) is 0 Å². The molecule has 0 amide bonds. The third-order valence-corrected chi connectivity index (χ3v) is 8.83. The van der Waals surface area contributed by atoms with Crippen LogP contribution >= 0.6 is 0 Å². The Balaban J connectivity index is 1.35. The lowest BCUT2D eigenvalue weighted by molar-refractivity contribution is -0.326. The van der Waals surface area contributed by atoms with Gasteiger partial charge in [-0.2, -0.15) is 0 Å². The number of methoxy groups -OCH3 is 1. The fourth-order valence-electron chi connectivity index (χ4n) is 5.90. The van der Waals surface area contributed by atoms with Crippen LogP contribution in [0.15, 0.2) is 48.6 Å². The van der Waals surface area contributed by atoms with Crippen molar-refractivity contribution in [2.24, 2.45) is 0 Å². The number of esters is 2. The minimum Gasteiger partial charge on any atom is -0.508 e. The molecule has 20 heteroatoms. The van der Waals surface area contributed by atoms with E-state index in [-0.39, 0.29) is 23.9 Å². The molecule has 0 aromatic heterocycles. The van der Waals surface area contributed by atoms with Gasteiger partial charge in [-0.25, -0.2) is 4.79 Å². The third-order valence-electron chi connectivity index (χ3n) is 8.83. The summed E-state index contributed by atoms with van der Waals surface area (Å²) in [6.07, 6.45) is -13.0. The van der Waals surface area contributed by atoms with E-state index in [9.17, 15) is 65.4 Å². The van der Waals surface area contributed by atoms with E-state index in [0.717, 1.165) is 6.08 Å². The Hall–Kier alpha value is -4.87. The number of hydrogen-bond acceptors (Lipinski definition) is 19. The number of rotatable bonds is 17. The molecule has 2 fully saturated rings. The highest BCUT2D eigenvalue weighted by atomic mass is 16.7. The number of carboxylic acid groups (broad SMARTS) is 1. The minimum absolute atomic E-state index is 0.00991. The fraction of sp³-hybridized carbons (Fsp3) is 0.486. The highest BCUT2D eigenvalue weighted by Gasteiger charge is 2.50. The number of ether oxygens (including phenoxy) is 7. The fourth-order valence-corrected chi connectivity index (χ4v) is 5.90. The van der Waals surface area contributed by atoms with Crippen LogP contribution in [0, 0.1) is 0 Å². The maximum Gasteiger partial charge on any atom is 0.331 e. The predicted molar refractivity (Wildman–Crippen MR) is 190 cm³/mol. The average molecular weight is 811 g/mol. The second-order valence-electron chi connectivity index (χ2n) is 13.3. The normalized spacial score (nSPS) is 28.8. The molecule has 0 aliphatic carbocycles. The molecule has 314 valence electrons. The van der Waals surface area contributed by atoms with Gasteiger partial charge in [0.05, 0.1) is 38.8 Å². The van der Waals surface area contributed by atoms with Gasteiger partial charge in [-0.15, -0.1) is 0 Å². The molecular weight excluding hydrogens is 764 g/mol. The molecule has 2 aliphatic rings. The van der Waals surface area contributed by atoms with Crippen LogP contribution in [0.3, 0.4) is 0 Å². The Morgan fingerprint density at radius 2 is 1.46 bits per heavy atom. The van der Waals surface area contributed by atoms with E-state index >= 15 is 0 Å². The van der Waals surface area contributed by atoms with E-state index < -0.39 is 117 Å².